The van der Waals surface area contributed by atoms with Crippen LogP contribution in [0.3, 0.4) is 0 Å². The van der Waals surface area contributed by atoms with E-state index in [1.54, 1.807) is 33.9 Å². The highest BCUT2D eigenvalue weighted by Crippen LogP contribution is 2.17. The molecule has 0 atom stereocenters. The molecule has 0 aliphatic carbocycles. The minimum atomic E-state index is -0.124. The van der Waals surface area contributed by atoms with Gasteiger partial charge in [0, 0.05) is 11.6 Å². The monoisotopic (exact) mass is 362 g/mol. The van der Waals surface area contributed by atoms with Crippen LogP contribution in [0.5, 0.6) is 0 Å². The van der Waals surface area contributed by atoms with E-state index in [-0.39, 0.29) is 5.56 Å². The fraction of sp³-hybridized carbons (Fsp3) is 0.0500. The highest BCUT2D eigenvalue weighted by molar-refractivity contribution is 6.30. The predicted molar refractivity (Wildman–Crippen MR) is 104 cm³/mol. The van der Waals surface area contributed by atoms with E-state index in [0.717, 1.165) is 11.3 Å². The van der Waals surface area contributed by atoms with Crippen molar-refractivity contribution in [2.45, 2.75) is 6.54 Å². The number of nitrogens with zero attached hydrogens (tertiary/aromatic N) is 4. The summed E-state index contributed by atoms with van der Waals surface area (Å²) in [4.78, 5) is 17.1. The lowest BCUT2D eigenvalue weighted by Gasteiger charge is -2.05. The van der Waals surface area contributed by atoms with Crippen molar-refractivity contribution in [1.29, 1.82) is 0 Å². The van der Waals surface area contributed by atoms with Gasteiger partial charge in [-0.3, -0.25) is 9.36 Å². The van der Waals surface area contributed by atoms with E-state index in [1.165, 1.54) is 0 Å². The van der Waals surface area contributed by atoms with E-state index in [1.807, 2.05) is 54.6 Å². The van der Waals surface area contributed by atoms with Crippen molar-refractivity contribution in [1.82, 2.24) is 19.3 Å². The highest BCUT2D eigenvalue weighted by atomic mass is 35.5. The lowest BCUT2D eigenvalue weighted by atomic mass is 10.2. The van der Waals surface area contributed by atoms with Gasteiger partial charge in [-0.15, -0.1) is 0 Å². The number of hydrogen-bond acceptors (Lipinski definition) is 3. The quantitative estimate of drug-likeness (QED) is 0.552. The van der Waals surface area contributed by atoms with Crippen LogP contribution in [-0.4, -0.2) is 19.3 Å². The second-order valence-corrected chi connectivity index (χ2v) is 6.23. The zero-order valence-electron chi connectivity index (χ0n) is 13.8. The summed E-state index contributed by atoms with van der Waals surface area (Å²) >= 11 is 6.04. The average molecular weight is 363 g/mol. The summed E-state index contributed by atoms with van der Waals surface area (Å²) in [7, 11) is 0. The standard InChI is InChI=1S/C20H15ClN4O/c21-16-9-4-10-17(12-16)25-19-18(13-23-25)20(26)24(14-22-19)11-5-8-15-6-2-1-3-7-15/h1-10,12-14H,11H2/b8-5+. The number of rotatable bonds is 4. The summed E-state index contributed by atoms with van der Waals surface area (Å²) in [5, 5.41) is 5.38. The average Bonchev–Trinajstić information content (AvgIpc) is 3.09. The van der Waals surface area contributed by atoms with Gasteiger partial charge >= 0.3 is 0 Å². The van der Waals surface area contributed by atoms with E-state index in [9.17, 15) is 4.79 Å². The number of hydrogen-bond donors (Lipinski definition) is 0. The SMILES string of the molecule is O=c1c2cnn(-c3cccc(Cl)c3)c2ncn1C/C=C/c1ccccc1. The third-order valence-corrected chi connectivity index (χ3v) is 4.25. The van der Waals surface area contributed by atoms with Gasteiger partial charge < -0.3 is 0 Å². The molecule has 128 valence electrons. The summed E-state index contributed by atoms with van der Waals surface area (Å²) < 4.78 is 3.18. The first-order valence-corrected chi connectivity index (χ1v) is 8.51. The lowest BCUT2D eigenvalue weighted by molar-refractivity contribution is 0.765. The van der Waals surface area contributed by atoms with Crippen LogP contribution >= 0.6 is 11.6 Å². The van der Waals surface area contributed by atoms with Gasteiger partial charge in [0.2, 0.25) is 0 Å². The smallest absolute Gasteiger partial charge is 0.264 e. The first kappa shape index (κ1) is 16.3. The van der Waals surface area contributed by atoms with Crippen LogP contribution in [0.2, 0.25) is 5.02 Å². The van der Waals surface area contributed by atoms with Crippen molar-refractivity contribution in [2.24, 2.45) is 0 Å². The first-order valence-electron chi connectivity index (χ1n) is 8.13. The van der Waals surface area contributed by atoms with Gasteiger partial charge in [-0.1, -0.05) is 60.2 Å². The zero-order valence-corrected chi connectivity index (χ0v) is 14.5. The molecule has 4 rings (SSSR count). The molecule has 0 spiro atoms. The van der Waals surface area contributed by atoms with Crippen molar-refractivity contribution >= 4 is 28.7 Å². The Bertz CT molecular complexity index is 1150. The molecule has 2 heterocycles. The summed E-state index contributed by atoms with van der Waals surface area (Å²) in [5.41, 5.74) is 2.24. The number of allylic oxidation sites excluding steroid dienone is 1. The molecule has 0 amide bonds. The van der Waals surface area contributed by atoms with E-state index in [0.29, 0.717) is 22.6 Å². The number of fused-ring (bicyclic) bond motifs is 1. The molecule has 4 aromatic rings. The third-order valence-electron chi connectivity index (χ3n) is 4.02. The maximum Gasteiger partial charge on any atom is 0.264 e. The zero-order chi connectivity index (χ0) is 17.9. The molecule has 0 unspecified atom stereocenters. The van der Waals surface area contributed by atoms with Crippen LogP contribution in [0.15, 0.2) is 78.0 Å². The normalized spacial score (nSPS) is 11.4. The van der Waals surface area contributed by atoms with Gasteiger partial charge in [-0.05, 0) is 23.8 Å². The molecule has 0 saturated carbocycles. The van der Waals surface area contributed by atoms with E-state index >= 15 is 0 Å². The summed E-state index contributed by atoms with van der Waals surface area (Å²) in [6, 6.07) is 17.2. The van der Waals surface area contributed by atoms with Crippen LogP contribution < -0.4 is 5.56 Å². The molecule has 0 saturated heterocycles. The first-order chi connectivity index (χ1) is 12.7. The molecule has 0 aliphatic rings. The molecule has 26 heavy (non-hydrogen) atoms. The van der Waals surface area contributed by atoms with E-state index in [4.69, 9.17) is 11.6 Å². The maximum atomic E-state index is 12.7. The maximum absolute atomic E-state index is 12.7. The van der Waals surface area contributed by atoms with Crippen LogP contribution in [0.4, 0.5) is 0 Å². The molecule has 5 nitrogen and oxygen atoms in total. The minimum Gasteiger partial charge on any atom is -0.295 e. The summed E-state index contributed by atoms with van der Waals surface area (Å²) in [6.07, 6.45) is 7.00. The van der Waals surface area contributed by atoms with Crippen molar-refractivity contribution in [3.8, 4) is 5.69 Å². The van der Waals surface area contributed by atoms with Gasteiger partial charge in [0.25, 0.3) is 5.56 Å². The van der Waals surface area contributed by atoms with Crippen molar-refractivity contribution in [3.63, 3.8) is 0 Å². The predicted octanol–water partition coefficient (Wildman–Crippen LogP) is 3.95. The fourth-order valence-electron chi connectivity index (χ4n) is 2.74. The highest BCUT2D eigenvalue weighted by Gasteiger charge is 2.11. The van der Waals surface area contributed by atoms with Crippen LogP contribution in [0.1, 0.15) is 5.56 Å². The lowest BCUT2D eigenvalue weighted by Crippen LogP contribution is -2.19. The van der Waals surface area contributed by atoms with Gasteiger partial charge in [-0.2, -0.15) is 5.10 Å². The Kier molecular flexibility index (Phi) is 4.37. The second-order valence-electron chi connectivity index (χ2n) is 5.79. The van der Waals surface area contributed by atoms with Crippen molar-refractivity contribution in [3.05, 3.63) is 94.1 Å². The van der Waals surface area contributed by atoms with Crippen molar-refractivity contribution < 1.29 is 0 Å². The molecular weight excluding hydrogens is 348 g/mol. The Labute approximate surface area is 154 Å². The minimum absolute atomic E-state index is 0.124. The van der Waals surface area contributed by atoms with E-state index in [2.05, 4.69) is 10.1 Å². The Morgan fingerprint density at radius 3 is 2.73 bits per heavy atom. The van der Waals surface area contributed by atoms with Crippen molar-refractivity contribution in [2.75, 3.05) is 0 Å². The van der Waals surface area contributed by atoms with Crippen LogP contribution in [0, 0.1) is 0 Å². The largest absolute Gasteiger partial charge is 0.295 e. The Balaban J connectivity index is 1.66. The molecule has 0 fully saturated rings. The second kappa shape index (κ2) is 6.98. The number of aromatic nitrogens is 4. The molecule has 0 N–H and O–H groups in total. The van der Waals surface area contributed by atoms with Gasteiger partial charge in [0.15, 0.2) is 5.65 Å². The number of benzene rings is 2. The van der Waals surface area contributed by atoms with Crippen LogP contribution in [-0.2, 0) is 6.54 Å². The Hall–Kier alpha value is -3.18. The third kappa shape index (κ3) is 3.17. The molecule has 6 heteroatoms. The Morgan fingerprint density at radius 2 is 1.92 bits per heavy atom. The molecule has 2 aromatic carbocycles. The van der Waals surface area contributed by atoms with Gasteiger partial charge in [0.1, 0.15) is 11.7 Å². The fourth-order valence-corrected chi connectivity index (χ4v) is 2.93. The molecule has 2 aromatic heterocycles. The number of halogens is 1. The molecule has 0 bridgehead atoms. The Morgan fingerprint density at radius 1 is 1.08 bits per heavy atom. The molecular formula is C20H15ClN4O. The topological polar surface area (TPSA) is 52.7 Å². The van der Waals surface area contributed by atoms with E-state index < -0.39 is 0 Å². The summed E-state index contributed by atoms with van der Waals surface area (Å²) in [5.74, 6) is 0. The summed E-state index contributed by atoms with van der Waals surface area (Å²) in [6.45, 7) is 0.443. The molecule has 0 aliphatic heterocycles. The van der Waals surface area contributed by atoms with Gasteiger partial charge in [-0.25, -0.2) is 9.67 Å². The van der Waals surface area contributed by atoms with Crippen LogP contribution in [0.25, 0.3) is 22.8 Å². The molecule has 0 radical (unpaired) electrons. The van der Waals surface area contributed by atoms with Gasteiger partial charge in [0.05, 0.1) is 11.9 Å².